The molecule has 3 aromatic carbocycles. The average molecular weight is 661 g/mol. The lowest BCUT2D eigenvalue weighted by molar-refractivity contribution is -0.140. The molecule has 11 heteroatoms. The molecule has 0 bridgehead atoms. The van der Waals surface area contributed by atoms with Crippen molar-refractivity contribution < 1.29 is 22.7 Å². The van der Waals surface area contributed by atoms with Gasteiger partial charge in [0.05, 0.1) is 17.7 Å². The van der Waals surface area contributed by atoms with E-state index >= 15 is 0 Å². The highest BCUT2D eigenvalue weighted by molar-refractivity contribution is 7.92. The van der Waals surface area contributed by atoms with Crippen molar-refractivity contribution in [3.05, 3.63) is 87.9 Å². The Morgan fingerprint density at radius 2 is 1.57 bits per heavy atom. The maximum absolute atomic E-state index is 14.3. The summed E-state index contributed by atoms with van der Waals surface area (Å²) in [7, 11) is -2.68. The van der Waals surface area contributed by atoms with E-state index in [1.807, 2.05) is 13.8 Å². The molecule has 0 heterocycles. The van der Waals surface area contributed by atoms with Crippen LogP contribution in [0, 0.1) is 6.92 Å². The molecule has 4 rings (SSSR count). The minimum absolute atomic E-state index is 0.0314. The van der Waals surface area contributed by atoms with E-state index in [-0.39, 0.29) is 29.1 Å². The summed E-state index contributed by atoms with van der Waals surface area (Å²) in [5, 5.41) is 3.82. The van der Waals surface area contributed by atoms with Gasteiger partial charge in [0.25, 0.3) is 10.0 Å². The smallest absolute Gasteiger partial charge is 0.264 e. The summed E-state index contributed by atoms with van der Waals surface area (Å²) in [5.74, 6) is -0.320. The number of rotatable bonds is 12. The van der Waals surface area contributed by atoms with E-state index < -0.39 is 28.5 Å². The number of sulfonamides is 1. The van der Waals surface area contributed by atoms with Gasteiger partial charge < -0.3 is 15.0 Å². The number of amides is 2. The third-order valence-corrected chi connectivity index (χ3v) is 10.5. The number of methoxy groups -OCH3 is 1. The van der Waals surface area contributed by atoms with Crippen LogP contribution in [0.4, 0.5) is 5.69 Å². The molecule has 0 saturated heterocycles. The van der Waals surface area contributed by atoms with Crippen LogP contribution in [-0.4, -0.2) is 50.9 Å². The Balaban J connectivity index is 1.74. The van der Waals surface area contributed by atoms with Crippen molar-refractivity contribution >= 4 is 50.7 Å². The first-order chi connectivity index (χ1) is 21.0. The summed E-state index contributed by atoms with van der Waals surface area (Å²) >= 11 is 13.0. The number of benzene rings is 3. The second kappa shape index (κ2) is 15.1. The maximum atomic E-state index is 14.3. The first-order valence-corrected chi connectivity index (χ1v) is 17.0. The lowest BCUT2D eigenvalue weighted by Crippen LogP contribution is -2.54. The predicted molar refractivity (Wildman–Crippen MR) is 175 cm³/mol. The highest BCUT2D eigenvalue weighted by Crippen LogP contribution is 2.30. The number of ether oxygens (including phenoxy) is 1. The molecule has 1 aliphatic carbocycles. The monoisotopic (exact) mass is 659 g/mol. The molecule has 1 N–H and O–H groups in total. The molecule has 1 atom stereocenters. The molecule has 8 nitrogen and oxygen atoms in total. The average Bonchev–Trinajstić information content (AvgIpc) is 3.01. The third kappa shape index (κ3) is 8.06. The lowest BCUT2D eigenvalue weighted by Gasteiger charge is -2.34. The van der Waals surface area contributed by atoms with Crippen molar-refractivity contribution in [2.45, 2.75) is 75.9 Å². The van der Waals surface area contributed by atoms with Crippen molar-refractivity contribution in [3.8, 4) is 5.75 Å². The lowest BCUT2D eigenvalue weighted by atomic mass is 9.95. The van der Waals surface area contributed by atoms with Crippen LogP contribution >= 0.6 is 23.2 Å². The molecular formula is C33H39Cl2N3O5S. The molecule has 3 aromatic rings. The standard InChI is InChI=1S/C33H39Cl2N3O5S/c1-4-31(33(40)36-24-9-6-5-7-10-24)37(21-28-29(34)11-8-12-30(28)35)32(39)22-38(25-15-17-26(43-3)18-16-25)44(41,42)27-19-13-23(2)14-20-27/h8,11-20,24,31H,4-7,9-10,21-22H2,1-3H3,(H,36,40)/t31-/m0/s1. The van der Waals surface area contributed by atoms with Crippen molar-refractivity contribution in [1.82, 2.24) is 10.2 Å². The van der Waals surface area contributed by atoms with Crippen LogP contribution in [0.2, 0.25) is 10.0 Å². The van der Waals surface area contributed by atoms with Crippen molar-refractivity contribution in [2.75, 3.05) is 18.0 Å². The normalized spacial score (nSPS) is 14.5. The third-order valence-electron chi connectivity index (χ3n) is 7.98. The van der Waals surface area contributed by atoms with Crippen LogP contribution < -0.4 is 14.4 Å². The fraction of sp³-hybridized carbons (Fsp3) is 0.394. The SMILES string of the molecule is CC[C@@H](C(=O)NC1CCCCC1)N(Cc1c(Cl)cccc1Cl)C(=O)CN(c1ccc(OC)cc1)S(=O)(=O)c1ccc(C)cc1. The molecule has 1 fully saturated rings. The highest BCUT2D eigenvalue weighted by Gasteiger charge is 2.35. The van der Waals surface area contributed by atoms with Gasteiger partial charge in [0, 0.05) is 28.2 Å². The molecule has 1 saturated carbocycles. The van der Waals surface area contributed by atoms with Gasteiger partial charge >= 0.3 is 0 Å². The van der Waals surface area contributed by atoms with E-state index in [0.717, 1.165) is 42.0 Å². The summed E-state index contributed by atoms with van der Waals surface area (Å²) in [5.41, 5.74) is 1.65. The summed E-state index contributed by atoms with van der Waals surface area (Å²) in [4.78, 5) is 29.5. The zero-order chi connectivity index (χ0) is 31.9. The minimum Gasteiger partial charge on any atom is -0.497 e. The number of carbonyl (C=O) groups is 2. The first-order valence-electron chi connectivity index (χ1n) is 14.8. The van der Waals surface area contributed by atoms with E-state index in [4.69, 9.17) is 27.9 Å². The van der Waals surface area contributed by atoms with Crippen LogP contribution in [0.15, 0.2) is 71.6 Å². The first kappa shape index (κ1) is 33.6. The summed E-state index contributed by atoms with van der Waals surface area (Å²) < 4.78 is 34.4. The van der Waals surface area contributed by atoms with Gasteiger partial charge in [-0.15, -0.1) is 0 Å². The Labute approximate surface area is 270 Å². The van der Waals surface area contributed by atoms with Gasteiger partial charge in [0.2, 0.25) is 11.8 Å². The van der Waals surface area contributed by atoms with Crippen molar-refractivity contribution in [3.63, 3.8) is 0 Å². The molecule has 44 heavy (non-hydrogen) atoms. The van der Waals surface area contributed by atoms with Crippen LogP contribution in [0.3, 0.4) is 0 Å². The van der Waals surface area contributed by atoms with E-state index in [1.54, 1.807) is 54.6 Å². The Morgan fingerprint density at radius 3 is 2.14 bits per heavy atom. The van der Waals surface area contributed by atoms with Gasteiger partial charge in [-0.3, -0.25) is 13.9 Å². The molecule has 0 aromatic heterocycles. The number of hydrogen-bond acceptors (Lipinski definition) is 5. The second-order valence-electron chi connectivity index (χ2n) is 11.0. The molecule has 0 radical (unpaired) electrons. The number of halogens is 2. The van der Waals surface area contributed by atoms with Gasteiger partial charge in [-0.1, -0.05) is 73.2 Å². The number of hydrogen-bond donors (Lipinski definition) is 1. The van der Waals surface area contributed by atoms with E-state index in [9.17, 15) is 18.0 Å². The van der Waals surface area contributed by atoms with Crippen LogP contribution in [-0.2, 0) is 26.2 Å². The number of anilines is 1. The molecule has 0 spiro atoms. The Hall–Kier alpha value is -3.27. The summed E-state index contributed by atoms with van der Waals surface area (Å²) in [6, 6.07) is 17.0. The topological polar surface area (TPSA) is 96.0 Å². The Kier molecular flexibility index (Phi) is 11.6. The number of nitrogens with one attached hydrogen (secondary N) is 1. The Morgan fingerprint density at radius 1 is 0.955 bits per heavy atom. The zero-order valence-electron chi connectivity index (χ0n) is 25.3. The molecule has 0 aliphatic heterocycles. The van der Waals surface area contributed by atoms with Crippen molar-refractivity contribution in [1.29, 1.82) is 0 Å². The molecule has 1 aliphatic rings. The second-order valence-corrected chi connectivity index (χ2v) is 13.7. The number of aryl methyl sites for hydroxylation is 1. The molecule has 2 amide bonds. The Bertz CT molecular complexity index is 1520. The van der Waals surface area contributed by atoms with Gasteiger partial charge in [-0.25, -0.2) is 8.42 Å². The highest BCUT2D eigenvalue weighted by atomic mass is 35.5. The zero-order valence-corrected chi connectivity index (χ0v) is 27.6. The fourth-order valence-corrected chi connectivity index (χ4v) is 7.36. The fourth-order valence-electron chi connectivity index (χ4n) is 5.43. The quantitative estimate of drug-likeness (QED) is 0.232. The summed E-state index contributed by atoms with van der Waals surface area (Å²) in [6.07, 6.45) is 5.27. The number of carbonyl (C=O) groups excluding carboxylic acids is 2. The molecular weight excluding hydrogens is 621 g/mol. The van der Waals surface area contributed by atoms with Gasteiger partial charge in [-0.2, -0.15) is 0 Å². The molecule has 0 unspecified atom stereocenters. The predicted octanol–water partition coefficient (Wildman–Crippen LogP) is 6.76. The van der Waals surface area contributed by atoms with Crippen molar-refractivity contribution in [2.24, 2.45) is 0 Å². The van der Waals surface area contributed by atoms with Gasteiger partial charge in [0.15, 0.2) is 0 Å². The van der Waals surface area contributed by atoms with E-state index in [0.29, 0.717) is 27.8 Å². The van der Waals surface area contributed by atoms with E-state index in [1.165, 1.54) is 24.1 Å². The molecule has 236 valence electrons. The van der Waals surface area contributed by atoms with Crippen LogP contribution in [0.25, 0.3) is 0 Å². The summed E-state index contributed by atoms with van der Waals surface area (Å²) in [6.45, 7) is 3.05. The van der Waals surface area contributed by atoms with Gasteiger partial charge in [-0.05, 0) is 74.7 Å². The van der Waals surface area contributed by atoms with Gasteiger partial charge in [0.1, 0.15) is 18.3 Å². The largest absolute Gasteiger partial charge is 0.497 e. The minimum atomic E-state index is -4.19. The number of nitrogens with zero attached hydrogens (tertiary/aromatic N) is 2. The van der Waals surface area contributed by atoms with E-state index in [2.05, 4.69) is 5.32 Å². The van der Waals surface area contributed by atoms with Crippen LogP contribution in [0.1, 0.15) is 56.6 Å². The maximum Gasteiger partial charge on any atom is 0.264 e. The van der Waals surface area contributed by atoms with Crippen LogP contribution in [0.5, 0.6) is 5.75 Å².